The van der Waals surface area contributed by atoms with Gasteiger partial charge in [-0.05, 0) is 50.1 Å². The maximum absolute atomic E-state index is 12.7. The number of nitrogens with one attached hydrogen (secondary N) is 2. The minimum Gasteiger partial charge on any atom is -0.359 e. The minimum absolute atomic E-state index is 0.113. The Balaban J connectivity index is 2.23. The molecule has 1 unspecified atom stereocenters. The van der Waals surface area contributed by atoms with E-state index in [1.54, 1.807) is 37.3 Å². The number of benzene rings is 1. The van der Waals surface area contributed by atoms with Gasteiger partial charge in [0.15, 0.2) is 5.56 Å². The maximum Gasteiger partial charge on any atom is 0.270 e. The summed E-state index contributed by atoms with van der Waals surface area (Å²) in [5.41, 5.74) is 1.69. The SMILES string of the molecule is CCCNC(=O)c1nc(C)ccc1C(=O)Nc1cccc(C(Cl)OCC)c1. The molecular weight excluding hydrogens is 366 g/mol. The van der Waals surface area contributed by atoms with Crippen LogP contribution in [0.5, 0.6) is 0 Å². The van der Waals surface area contributed by atoms with E-state index in [1.807, 2.05) is 19.9 Å². The van der Waals surface area contributed by atoms with Crippen LogP contribution in [-0.2, 0) is 4.74 Å². The van der Waals surface area contributed by atoms with Gasteiger partial charge in [0.2, 0.25) is 0 Å². The number of carbonyl (C=O) groups is 2. The van der Waals surface area contributed by atoms with Gasteiger partial charge in [0.05, 0.1) is 5.56 Å². The van der Waals surface area contributed by atoms with E-state index in [9.17, 15) is 9.59 Å². The van der Waals surface area contributed by atoms with Crippen LogP contribution in [0.1, 0.15) is 57.9 Å². The third-order valence-corrected chi connectivity index (χ3v) is 4.13. The Morgan fingerprint density at radius 3 is 2.67 bits per heavy atom. The predicted octanol–water partition coefficient (Wildman–Crippen LogP) is 4.06. The standard InChI is InChI=1S/C20H24ClN3O3/c1-4-11-22-20(26)17-16(10-9-13(3)23-17)19(25)24-15-8-6-7-14(12-15)18(21)27-5-2/h6-10,12,18H,4-5,11H2,1-3H3,(H,22,26)(H,24,25). The van der Waals surface area contributed by atoms with Gasteiger partial charge in [0.1, 0.15) is 5.69 Å². The van der Waals surface area contributed by atoms with Crippen molar-refractivity contribution in [3.05, 3.63) is 58.9 Å². The van der Waals surface area contributed by atoms with Gasteiger partial charge in [-0.25, -0.2) is 4.98 Å². The molecular formula is C20H24ClN3O3. The smallest absolute Gasteiger partial charge is 0.270 e. The summed E-state index contributed by atoms with van der Waals surface area (Å²) >= 11 is 6.17. The number of aryl methyl sites for hydroxylation is 1. The summed E-state index contributed by atoms with van der Waals surface area (Å²) in [4.78, 5) is 29.3. The summed E-state index contributed by atoms with van der Waals surface area (Å²) < 4.78 is 5.36. The van der Waals surface area contributed by atoms with Gasteiger partial charge in [0.25, 0.3) is 11.8 Å². The molecule has 144 valence electrons. The van der Waals surface area contributed by atoms with Crippen LogP contribution in [0.2, 0.25) is 0 Å². The van der Waals surface area contributed by atoms with Gasteiger partial charge in [-0.15, -0.1) is 0 Å². The highest BCUT2D eigenvalue weighted by molar-refractivity contribution is 6.20. The molecule has 0 radical (unpaired) electrons. The zero-order chi connectivity index (χ0) is 19.8. The van der Waals surface area contributed by atoms with Gasteiger partial charge in [0, 0.05) is 24.5 Å². The summed E-state index contributed by atoms with van der Waals surface area (Å²) in [6.07, 6.45) is 0.797. The first-order valence-corrected chi connectivity index (χ1v) is 9.32. The maximum atomic E-state index is 12.7. The lowest BCUT2D eigenvalue weighted by Crippen LogP contribution is -2.28. The predicted molar refractivity (Wildman–Crippen MR) is 106 cm³/mol. The lowest BCUT2D eigenvalue weighted by Gasteiger charge is -2.13. The molecule has 1 aromatic heterocycles. The fourth-order valence-corrected chi connectivity index (χ4v) is 2.70. The first-order chi connectivity index (χ1) is 13.0. The van der Waals surface area contributed by atoms with Crippen molar-refractivity contribution >= 4 is 29.1 Å². The fourth-order valence-electron chi connectivity index (χ4n) is 2.43. The Bertz CT molecular complexity index is 811. The Kier molecular flexibility index (Phi) is 7.76. The van der Waals surface area contributed by atoms with E-state index < -0.39 is 11.5 Å². The normalized spacial score (nSPS) is 11.7. The van der Waals surface area contributed by atoms with Crippen LogP contribution in [-0.4, -0.2) is 29.9 Å². The molecule has 1 atom stereocenters. The number of ether oxygens (including phenoxy) is 1. The first kappa shape index (κ1) is 20.9. The molecule has 6 nitrogen and oxygen atoms in total. The third-order valence-electron chi connectivity index (χ3n) is 3.75. The van der Waals surface area contributed by atoms with Crippen molar-refractivity contribution in [1.82, 2.24) is 10.3 Å². The van der Waals surface area contributed by atoms with Gasteiger partial charge in [-0.2, -0.15) is 0 Å². The number of alkyl halides is 1. The summed E-state index contributed by atoms with van der Waals surface area (Å²) in [7, 11) is 0. The lowest BCUT2D eigenvalue weighted by molar-refractivity contribution is 0.0935. The van der Waals surface area contributed by atoms with Crippen LogP contribution < -0.4 is 10.6 Å². The average Bonchev–Trinajstić information content (AvgIpc) is 2.66. The number of carbonyl (C=O) groups excluding carboxylic acids is 2. The summed E-state index contributed by atoms with van der Waals surface area (Å²) in [5, 5.41) is 5.55. The minimum atomic E-state index is -0.594. The van der Waals surface area contributed by atoms with Gasteiger partial charge < -0.3 is 15.4 Å². The number of aromatic nitrogens is 1. The van der Waals surface area contributed by atoms with Crippen LogP contribution >= 0.6 is 11.6 Å². The fraction of sp³-hybridized carbons (Fsp3) is 0.350. The molecule has 2 N–H and O–H groups in total. The van der Waals surface area contributed by atoms with Gasteiger partial charge >= 0.3 is 0 Å². The molecule has 2 aromatic rings. The molecule has 0 saturated heterocycles. The van der Waals surface area contributed by atoms with E-state index in [-0.39, 0.29) is 17.2 Å². The van der Waals surface area contributed by atoms with Crippen molar-refractivity contribution in [2.24, 2.45) is 0 Å². The van der Waals surface area contributed by atoms with Crippen molar-refractivity contribution in [3.63, 3.8) is 0 Å². The highest BCUT2D eigenvalue weighted by Gasteiger charge is 2.19. The molecule has 0 spiro atoms. The second kappa shape index (κ2) is 10.0. The molecule has 7 heteroatoms. The van der Waals surface area contributed by atoms with Crippen LogP contribution in [0.4, 0.5) is 5.69 Å². The van der Waals surface area contributed by atoms with E-state index in [1.165, 1.54) is 0 Å². The average molecular weight is 390 g/mol. The number of rotatable bonds is 8. The molecule has 2 amide bonds. The van der Waals surface area contributed by atoms with Crippen LogP contribution in [0.25, 0.3) is 0 Å². The number of hydrogen-bond acceptors (Lipinski definition) is 4. The second-order valence-electron chi connectivity index (χ2n) is 5.96. The van der Waals surface area contributed by atoms with E-state index in [0.717, 1.165) is 12.0 Å². The molecule has 2 rings (SSSR count). The third kappa shape index (κ3) is 5.77. The van der Waals surface area contributed by atoms with Gasteiger partial charge in [-0.3, -0.25) is 9.59 Å². The van der Waals surface area contributed by atoms with Crippen LogP contribution in [0.15, 0.2) is 36.4 Å². The highest BCUT2D eigenvalue weighted by Crippen LogP contribution is 2.24. The molecule has 0 aliphatic heterocycles. The molecule has 1 aromatic carbocycles. The monoisotopic (exact) mass is 389 g/mol. The number of halogens is 1. The molecule has 0 aliphatic carbocycles. The van der Waals surface area contributed by atoms with E-state index >= 15 is 0 Å². The zero-order valence-corrected chi connectivity index (χ0v) is 16.5. The molecule has 0 bridgehead atoms. The molecule has 0 aliphatic rings. The topological polar surface area (TPSA) is 80.3 Å². The Hall–Kier alpha value is -2.44. The summed E-state index contributed by atoms with van der Waals surface area (Å²) in [6.45, 7) is 6.59. The van der Waals surface area contributed by atoms with E-state index in [2.05, 4.69) is 15.6 Å². The quantitative estimate of drug-likeness (QED) is 0.667. The first-order valence-electron chi connectivity index (χ1n) is 8.89. The largest absolute Gasteiger partial charge is 0.359 e. The van der Waals surface area contributed by atoms with Crippen molar-refractivity contribution < 1.29 is 14.3 Å². The molecule has 0 saturated carbocycles. The number of nitrogens with zero attached hydrogens (tertiary/aromatic N) is 1. The molecule has 27 heavy (non-hydrogen) atoms. The van der Waals surface area contributed by atoms with E-state index in [4.69, 9.17) is 16.3 Å². The summed E-state index contributed by atoms with van der Waals surface area (Å²) in [6, 6.07) is 10.4. The van der Waals surface area contributed by atoms with Crippen molar-refractivity contribution in [1.29, 1.82) is 0 Å². The Morgan fingerprint density at radius 2 is 1.96 bits per heavy atom. The lowest BCUT2D eigenvalue weighted by atomic mass is 10.1. The van der Waals surface area contributed by atoms with Crippen LogP contribution in [0, 0.1) is 6.92 Å². The summed E-state index contributed by atoms with van der Waals surface area (Å²) in [5.74, 6) is -0.777. The Morgan fingerprint density at radius 1 is 1.19 bits per heavy atom. The number of amides is 2. The molecule has 1 heterocycles. The number of anilines is 1. The van der Waals surface area contributed by atoms with Crippen molar-refractivity contribution in [2.75, 3.05) is 18.5 Å². The Labute approximate surface area is 164 Å². The van der Waals surface area contributed by atoms with Crippen LogP contribution in [0.3, 0.4) is 0 Å². The zero-order valence-electron chi connectivity index (χ0n) is 15.7. The van der Waals surface area contributed by atoms with Crippen molar-refractivity contribution in [3.8, 4) is 0 Å². The number of hydrogen-bond donors (Lipinski definition) is 2. The molecule has 0 fully saturated rings. The van der Waals surface area contributed by atoms with Crippen molar-refractivity contribution in [2.45, 2.75) is 32.8 Å². The number of pyridine rings is 1. The highest BCUT2D eigenvalue weighted by atomic mass is 35.5. The second-order valence-corrected chi connectivity index (χ2v) is 6.35. The van der Waals surface area contributed by atoms with E-state index in [0.29, 0.717) is 24.5 Å². The van der Waals surface area contributed by atoms with Gasteiger partial charge in [-0.1, -0.05) is 30.7 Å².